The van der Waals surface area contributed by atoms with E-state index in [-0.39, 0.29) is 24.6 Å². The van der Waals surface area contributed by atoms with Crippen LogP contribution < -0.4 is 5.32 Å². The zero-order valence-electron chi connectivity index (χ0n) is 17.6. The molecule has 0 aliphatic heterocycles. The molecule has 31 heavy (non-hydrogen) atoms. The van der Waals surface area contributed by atoms with Gasteiger partial charge in [0.05, 0.1) is 35.1 Å². The average Bonchev–Trinajstić information content (AvgIpc) is 3.11. The van der Waals surface area contributed by atoms with Gasteiger partial charge < -0.3 is 5.32 Å². The SMILES string of the molecule is Cc1nn(Cc2ccc(F)cc2Cl)c(C)c1NC(=O)CCn1nc(C)c([N+](=O)[O-])c1C. The minimum absolute atomic E-state index is 0.0344. The molecule has 1 aromatic carbocycles. The highest BCUT2D eigenvalue weighted by Gasteiger charge is 2.22. The molecule has 3 aromatic rings. The molecule has 9 nitrogen and oxygen atoms in total. The molecule has 0 saturated carbocycles. The van der Waals surface area contributed by atoms with E-state index in [1.807, 2.05) is 6.92 Å². The van der Waals surface area contributed by atoms with Crippen LogP contribution in [0.15, 0.2) is 18.2 Å². The number of aromatic nitrogens is 4. The van der Waals surface area contributed by atoms with Gasteiger partial charge in [-0.3, -0.25) is 24.3 Å². The van der Waals surface area contributed by atoms with Gasteiger partial charge in [-0.2, -0.15) is 10.2 Å². The van der Waals surface area contributed by atoms with E-state index in [1.165, 1.54) is 16.8 Å². The molecule has 164 valence electrons. The second kappa shape index (κ2) is 8.84. The van der Waals surface area contributed by atoms with E-state index >= 15 is 0 Å². The van der Waals surface area contributed by atoms with Gasteiger partial charge in [-0.15, -0.1) is 0 Å². The number of halogens is 2. The number of hydrogen-bond acceptors (Lipinski definition) is 5. The summed E-state index contributed by atoms with van der Waals surface area (Å²) >= 11 is 6.11. The van der Waals surface area contributed by atoms with Crippen LogP contribution in [-0.4, -0.2) is 30.4 Å². The smallest absolute Gasteiger partial charge is 0.312 e. The van der Waals surface area contributed by atoms with Crippen LogP contribution in [0, 0.1) is 43.6 Å². The number of hydrogen-bond donors (Lipinski definition) is 1. The standard InChI is InChI=1S/C20H22ClFN6O3/c1-11-19(13(3)27(24-11)10-15-5-6-16(22)9-17(15)21)23-18(29)7-8-26-14(4)20(28(30)31)12(2)25-26/h5-6,9H,7-8,10H2,1-4H3,(H,23,29). The second-order valence-electron chi connectivity index (χ2n) is 7.24. The molecule has 2 aromatic heterocycles. The van der Waals surface area contributed by atoms with Crippen molar-refractivity contribution in [3.63, 3.8) is 0 Å². The first-order chi connectivity index (χ1) is 14.6. The molecule has 0 fully saturated rings. The molecule has 0 atom stereocenters. The number of nitrogens with zero attached hydrogens (tertiary/aromatic N) is 5. The summed E-state index contributed by atoms with van der Waals surface area (Å²) in [6.45, 7) is 7.30. The highest BCUT2D eigenvalue weighted by atomic mass is 35.5. The number of carbonyl (C=O) groups is 1. The van der Waals surface area contributed by atoms with Crippen LogP contribution in [0.4, 0.5) is 15.8 Å². The van der Waals surface area contributed by atoms with Crippen LogP contribution in [0.5, 0.6) is 0 Å². The fourth-order valence-corrected chi connectivity index (χ4v) is 3.65. The third kappa shape index (κ3) is 4.74. The normalized spacial score (nSPS) is 11.0. The molecular formula is C20H22ClFN6O3. The van der Waals surface area contributed by atoms with Crippen LogP contribution in [0.1, 0.15) is 34.8 Å². The van der Waals surface area contributed by atoms with Gasteiger partial charge in [0, 0.05) is 11.4 Å². The number of nitrogens with one attached hydrogen (secondary N) is 1. The fraction of sp³-hybridized carbons (Fsp3) is 0.350. The zero-order chi connectivity index (χ0) is 22.9. The predicted molar refractivity (Wildman–Crippen MR) is 114 cm³/mol. The van der Waals surface area contributed by atoms with Crippen molar-refractivity contribution >= 4 is 28.9 Å². The largest absolute Gasteiger partial charge is 0.323 e. The summed E-state index contributed by atoms with van der Waals surface area (Å²) in [6, 6.07) is 4.17. The minimum atomic E-state index is -0.470. The lowest BCUT2D eigenvalue weighted by molar-refractivity contribution is -0.386. The maximum atomic E-state index is 13.3. The highest BCUT2D eigenvalue weighted by molar-refractivity contribution is 6.31. The van der Waals surface area contributed by atoms with E-state index in [1.54, 1.807) is 31.5 Å². The lowest BCUT2D eigenvalue weighted by Crippen LogP contribution is -2.16. The van der Waals surface area contributed by atoms with E-state index in [4.69, 9.17) is 11.6 Å². The Balaban J connectivity index is 1.69. The first kappa shape index (κ1) is 22.4. The Hall–Kier alpha value is -3.27. The van der Waals surface area contributed by atoms with Crippen LogP contribution in [-0.2, 0) is 17.9 Å². The van der Waals surface area contributed by atoms with Crippen molar-refractivity contribution < 1.29 is 14.1 Å². The van der Waals surface area contributed by atoms with Crippen molar-refractivity contribution in [3.05, 3.63) is 67.5 Å². The first-order valence-electron chi connectivity index (χ1n) is 9.54. The van der Waals surface area contributed by atoms with Crippen LogP contribution >= 0.6 is 11.6 Å². The Labute approximate surface area is 183 Å². The van der Waals surface area contributed by atoms with Gasteiger partial charge in [0.15, 0.2) is 0 Å². The van der Waals surface area contributed by atoms with Crippen molar-refractivity contribution in [3.8, 4) is 0 Å². The monoisotopic (exact) mass is 448 g/mol. The summed E-state index contributed by atoms with van der Waals surface area (Å²) in [7, 11) is 0. The number of carbonyl (C=O) groups excluding carboxylic acids is 1. The molecule has 0 bridgehead atoms. The van der Waals surface area contributed by atoms with Crippen molar-refractivity contribution in [2.24, 2.45) is 0 Å². The molecule has 0 radical (unpaired) electrons. The number of aryl methyl sites for hydroxylation is 3. The summed E-state index contributed by atoms with van der Waals surface area (Å²) in [5.74, 6) is -0.677. The molecule has 2 heterocycles. The quantitative estimate of drug-likeness (QED) is 0.432. The Morgan fingerprint density at radius 3 is 2.45 bits per heavy atom. The van der Waals surface area contributed by atoms with E-state index in [9.17, 15) is 19.3 Å². The topological polar surface area (TPSA) is 108 Å². The summed E-state index contributed by atoms with van der Waals surface area (Å²) in [4.78, 5) is 23.1. The number of amides is 1. The number of rotatable bonds is 7. The molecule has 11 heteroatoms. The Kier molecular flexibility index (Phi) is 6.40. The van der Waals surface area contributed by atoms with Crippen molar-refractivity contribution in [1.29, 1.82) is 0 Å². The molecule has 0 saturated heterocycles. The average molecular weight is 449 g/mol. The lowest BCUT2D eigenvalue weighted by Gasteiger charge is -2.09. The van der Waals surface area contributed by atoms with E-state index in [2.05, 4.69) is 15.5 Å². The van der Waals surface area contributed by atoms with Gasteiger partial charge in [0.2, 0.25) is 5.91 Å². The summed E-state index contributed by atoms with van der Waals surface area (Å²) in [6.07, 6.45) is 0.0902. The maximum absolute atomic E-state index is 13.3. The zero-order valence-corrected chi connectivity index (χ0v) is 18.3. The highest BCUT2D eigenvalue weighted by Crippen LogP contribution is 2.24. The molecule has 1 amide bonds. The molecule has 3 rings (SSSR count). The van der Waals surface area contributed by atoms with Gasteiger partial charge in [-0.25, -0.2) is 4.39 Å². The molecule has 0 aliphatic rings. The second-order valence-corrected chi connectivity index (χ2v) is 7.64. The molecule has 0 spiro atoms. The maximum Gasteiger partial charge on any atom is 0.312 e. The summed E-state index contributed by atoms with van der Waals surface area (Å²) in [5.41, 5.74) is 3.34. The van der Waals surface area contributed by atoms with Gasteiger partial charge >= 0.3 is 5.69 Å². The third-order valence-corrected chi connectivity index (χ3v) is 5.41. The van der Waals surface area contributed by atoms with Gasteiger partial charge in [0.25, 0.3) is 0 Å². The Morgan fingerprint density at radius 2 is 1.84 bits per heavy atom. The summed E-state index contributed by atoms with van der Waals surface area (Å²) in [5, 5.41) is 22.9. The van der Waals surface area contributed by atoms with E-state index in [0.29, 0.717) is 39.9 Å². The van der Waals surface area contributed by atoms with Gasteiger partial charge in [-0.1, -0.05) is 17.7 Å². The predicted octanol–water partition coefficient (Wildman–Crippen LogP) is 4.09. The molecule has 0 unspecified atom stereocenters. The number of benzene rings is 1. The van der Waals surface area contributed by atoms with E-state index in [0.717, 1.165) is 5.69 Å². The van der Waals surface area contributed by atoms with E-state index < -0.39 is 10.7 Å². The van der Waals surface area contributed by atoms with Gasteiger partial charge in [0.1, 0.15) is 17.2 Å². The Morgan fingerprint density at radius 1 is 1.16 bits per heavy atom. The fourth-order valence-electron chi connectivity index (χ4n) is 3.42. The first-order valence-corrected chi connectivity index (χ1v) is 9.92. The van der Waals surface area contributed by atoms with Crippen molar-refractivity contribution in [2.75, 3.05) is 5.32 Å². The lowest BCUT2D eigenvalue weighted by atomic mass is 10.2. The summed E-state index contributed by atoms with van der Waals surface area (Å²) < 4.78 is 16.4. The third-order valence-electron chi connectivity index (χ3n) is 5.06. The molecular weight excluding hydrogens is 427 g/mol. The van der Waals surface area contributed by atoms with Crippen LogP contribution in [0.25, 0.3) is 0 Å². The van der Waals surface area contributed by atoms with Crippen LogP contribution in [0.2, 0.25) is 5.02 Å². The number of anilines is 1. The Bertz CT molecular complexity index is 1170. The number of nitro groups is 1. The van der Waals surface area contributed by atoms with Gasteiger partial charge in [-0.05, 0) is 45.4 Å². The van der Waals surface area contributed by atoms with Crippen molar-refractivity contribution in [2.45, 2.75) is 47.2 Å². The minimum Gasteiger partial charge on any atom is -0.323 e. The molecule has 0 aliphatic carbocycles. The molecule has 1 N–H and O–H groups in total. The van der Waals surface area contributed by atoms with Crippen molar-refractivity contribution in [1.82, 2.24) is 19.6 Å². The van der Waals surface area contributed by atoms with Crippen LogP contribution in [0.3, 0.4) is 0 Å².